The Labute approximate surface area is 110 Å². The molecule has 0 bridgehead atoms. The first kappa shape index (κ1) is 13.1. The van der Waals surface area contributed by atoms with Crippen LogP contribution in [0.2, 0.25) is 0 Å². The summed E-state index contributed by atoms with van der Waals surface area (Å²) in [5.41, 5.74) is 2.21. The SMILES string of the molecule is Cc1noc(C)c1COc1ccc(CC(=O)O)nc1. The van der Waals surface area contributed by atoms with Gasteiger partial charge in [0, 0.05) is 0 Å². The summed E-state index contributed by atoms with van der Waals surface area (Å²) in [7, 11) is 0. The average Bonchev–Trinajstić information content (AvgIpc) is 2.68. The summed E-state index contributed by atoms with van der Waals surface area (Å²) >= 11 is 0. The molecule has 0 radical (unpaired) electrons. The first-order chi connectivity index (χ1) is 9.06. The van der Waals surface area contributed by atoms with Crippen molar-refractivity contribution in [3.63, 3.8) is 0 Å². The lowest BCUT2D eigenvalue weighted by molar-refractivity contribution is -0.136. The van der Waals surface area contributed by atoms with Crippen molar-refractivity contribution in [2.45, 2.75) is 26.9 Å². The van der Waals surface area contributed by atoms with E-state index in [1.54, 1.807) is 12.1 Å². The Balaban J connectivity index is 1.98. The molecule has 100 valence electrons. The van der Waals surface area contributed by atoms with Crippen LogP contribution in [-0.2, 0) is 17.8 Å². The quantitative estimate of drug-likeness (QED) is 0.885. The van der Waals surface area contributed by atoms with Gasteiger partial charge in [-0.25, -0.2) is 0 Å². The molecule has 0 aliphatic carbocycles. The molecule has 0 saturated carbocycles. The molecule has 2 aromatic heterocycles. The van der Waals surface area contributed by atoms with Gasteiger partial charge in [0.05, 0.1) is 29.6 Å². The van der Waals surface area contributed by atoms with Gasteiger partial charge in [-0.2, -0.15) is 0 Å². The van der Waals surface area contributed by atoms with Crippen molar-refractivity contribution in [1.82, 2.24) is 10.1 Å². The molecule has 0 saturated heterocycles. The summed E-state index contributed by atoms with van der Waals surface area (Å²) in [6.07, 6.45) is 1.42. The predicted molar refractivity (Wildman–Crippen MR) is 65.9 cm³/mol. The van der Waals surface area contributed by atoms with Gasteiger partial charge in [0.15, 0.2) is 0 Å². The third kappa shape index (κ3) is 3.31. The number of carboxylic acid groups (broad SMARTS) is 1. The molecule has 0 spiro atoms. The zero-order chi connectivity index (χ0) is 13.8. The molecule has 0 amide bonds. The number of rotatable bonds is 5. The van der Waals surface area contributed by atoms with Crippen molar-refractivity contribution < 1.29 is 19.2 Å². The number of carbonyl (C=O) groups is 1. The van der Waals surface area contributed by atoms with E-state index in [1.807, 2.05) is 13.8 Å². The fraction of sp³-hybridized carbons (Fsp3) is 0.308. The molecule has 0 aliphatic heterocycles. The molecule has 19 heavy (non-hydrogen) atoms. The van der Waals surface area contributed by atoms with Crippen molar-refractivity contribution >= 4 is 5.97 Å². The molecular formula is C13H14N2O4. The van der Waals surface area contributed by atoms with Gasteiger partial charge in [-0.3, -0.25) is 9.78 Å². The number of aliphatic carboxylic acids is 1. The van der Waals surface area contributed by atoms with Gasteiger partial charge in [-0.05, 0) is 26.0 Å². The molecule has 2 rings (SSSR count). The van der Waals surface area contributed by atoms with Gasteiger partial charge >= 0.3 is 5.97 Å². The van der Waals surface area contributed by atoms with E-state index in [1.165, 1.54) is 6.20 Å². The monoisotopic (exact) mass is 262 g/mol. The maximum Gasteiger partial charge on any atom is 0.309 e. The van der Waals surface area contributed by atoms with Crippen LogP contribution in [0.25, 0.3) is 0 Å². The Morgan fingerprint density at radius 2 is 2.21 bits per heavy atom. The fourth-order valence-electron chi connectivity index (χ4n) is 1.62. The molecule has 6 nitrogen and oxygen atoms in total. The first-order valence-electron chi connectivity index (χ1n) is 5.77. The number of pyridine rings is 1. The normalized spacial score (nSPS) is 10.4. The van der Waals surface area contributed by atoms with Crippen LogP contribution in [0.15, 0.2) is 22.9 Å². The van der Waals surface area contributed by atoms with Gasteiger partial charge in [0.1, 0.15) is 18.1 Å². The van der Waals surface area contributed by atoms with E-state index in [-0.39, 0.29) is 6.42 Å². The highest BCUT2D eigenvalue weighted by atomic mass is 16.5. The second-order valence-electron chi connectivity index (χ2n) is 4.15. The minimum atomic E-state index is -0.906. The van der Waals surface area contributed by atoms with E-state index in [9.17, 15) is 4.79 Å². The highest BCUT2D eigenvalue weighted by molar-refractivity contribution is 5.69. The lowest BCUT2D eigenvalue weighted by Crippen LogP contribution is -2.03. The summed E-state index contributed by atoms with van der Waals surface area (Å²) in [4.78, 5) is 14.5. The highest BCUT2D eigenvalue weighted by Crippen LogP contribution is 2.16. The summed E-state index contributed by atoms with van der Waals surface area (Å²) < 4.78 is 10.6. The summed E-state index contributed by atoms with van der Waals surface area (Å²) in [5, 5.41) is 12.5. The first-order valence-corrected chi connectivity index (χ1v) is 5.77. The summed E-state index contributed by atoms with van der Waals surface area (Å²) in [6.45, 7) is 4.03. The van der Waals surface area contributed by atoms with Gasteiger partial charge in [-0.15, -0.1) is 0 Å². The lowest BCUT2D eigenvalue weighted by atomic mass is 10.2. The molecule has 2 heterocycles. The molecule has 0 fully saturated rings. The number of ether oxygens (including phenoxy) is 1. The number of nitrogens with zero attached hydrogens (tertiary/aromatic N) is 2. The van der Waals surface area contributed by atoms with Crippen LogP contribution >= 0.6 is 0 Å². The number of aryl methyl sites for hydroxylation is 2. The predicted octanol–water partition coefficient (Wildman–Crippen LogP) is 1.89. The number of aromatic nitrogens is 2. The van der Waals surface area contributed by atoms with Crippen molar-refractivity contribution in [3.8, 4) is 5.75 Å². The van der Waals surface area contributed by atoms with E-state index in [4.69, 9.17) is 14.4 Å². The molecule has 0 atom stereocenters. The van der Waals surface area contributed by atoms with Crippen molar-refractivity contribution in [3.05, 3.63) is 41.0 Å². The Morgan fingerprint density at radius 1 is 1.42 bits per heavy atom. The second-order valence-corrected chi connectivity index (χ2v) is 4.15. The fourth-order valence-corrected chi connectivity index (χ4v) is 1.62. The van der Waals surface area contributed by atoms with Crippen LogP contribution in [0.4, 0.5) is 0 Å². The highest BCUT2D eigenvalue weighted by Gasteiger charge is 2.09. The van der Waals surface area contributed by atoms with Gasteiger partial charge in [0.2, 0.25) is 0 Å². The third-order valence-electron chi connectivity index (χ3n) is 2.69. The molecule has 6 heteroatoms. The van der Waals surface area contributed by atoms with Crippen LogP contribution in [0.1, 0.15) is 22.7 Å². The third-order valence-corrected chi connectivity index (χ3v) is 2.69. The largest absolute Gasteiger partial charge is 0.487 e. The molecule has 1 N–H and O–H groups in total. The van der Waals surface area contributed by atoms with Crippen LogP contribution in [-0.4, -0.2) is 21.2 Å². The van der Waals surface area contributed by atoms with E-state index in [2.05, 4.69) is 10.1 Å². The smallest absolute Gasteiger partial charge is 0.309 e. The Bertz CT molecular complexity index is 555. The van der Waals surface area contributed by atoms with Crippen LogP contribution in [0.3, 0.4) is 0 Å². The minimum Gasteiger partial charge on any atom is -0.487 e. The standard InChI is InChI=1S/C13H14N2O4/c1-8-12(9(2)19-15-8)7-18-11-4-3-10(14-6-11)5-13(16)17/h3-4,6H,5,7H2,1-2H3,(H,16,17). The van der Waals surface area contributed by atoms with E-state index in [0.29, 0.717) is 18.1 Å². The van der Waals surface area contributed by atoms with Crippen molar-refractivity contribution in [2.75, 3.05) is 0 Å². The number of hydrogen-bond donors (Lipinski definition) is 1. The average molecular weight is 262 g/mol. The van der Waals surface area contributed by atoms with Gasteiger partial charge in [0.25, 0.3) is 0 Å². The molecule has 0 aliphatic rings. The topological polar surface area (TPSA) is 85.5 Å². The van der Waals surface area contributed by atoms with E-state index < -0.39 is 5.97 Å². The van der Waals surface area contributed by atoms with Crippen LogP contribution in [0.5, 0.6) is 5.75 Å². The van der Waals surface area contributed by atoms with E-state index in [0.717, 1.165) is 17.0 Å². The Morgan fingerprint density at radius 3 is 2.74 bits per heavy atom. The maximum absolute atomic E-state index is 10.5. The van der Waals surface area contributed by atoms with Gasteiger partial charge in [-0.1, -0.05) is 5.16 Å². The van der Waals surface area contributed by atoms with Crippen LogP contribution < -0.4 is 4.74 Å². The zero-order valence-electron chi connectivity index (χ0n) is 10.7. The van der Waals surface area contributed by atoms with Gasteiger partial charge < -0.3 is 14.4 Å². The molecule has 0 unspecified atom stereocenters. The Hall–Kier alpha value is -2.37. The number of carboxylic acids is 1. The second kappa shape index (κ2) is 5.51. The van der Waals surface area contributed by atoms with E-state index >= 15 is 0 Å². The zero-order valence-corrected chi connectivity index (χ0v) is 10.7. The summed E-state index contributed by atoms with van der Waals surface area (Å²) in [6, 6.07) is 3.33. The molecule has 2 aromatic rings. The Kier molecular flexibility index (Phi) is 3.79. The van der Waals surface area contributed by atoms with Crippen molar-refractivity contribution in [1.29, 1.82) is 0 Å². The van der Waals surface area contributed by atoms with Crippen LogP contribution in [0, 0.1) is 13.8 Å². The summed E-state index contributed by atoms with van der Waals surface area (Å²) in [5.74, 6) is 0.402. The lowest BCUT2D eigenvalue weighted by Gasteiger charge is -2.05. The molecule has 0 aromatic carbocycles. The number of hydrogen-bond acceptors (Lipinski definition) is 5. The molecular weight excluding hydrogens is 248 g/mol. The maximum atomic E-state index is 10.5. The van der Waals surface area contributed by atoms with Crippen molar-refractivity contribution in [2.24, 2.45) is 0 Å². The minimum absolute atomic E-state index is 0.0931.